The fourth-order valence-corrected chi connectivity index (χ4v) is 2.89. The molecule has 0 spiro atoms. The zero-order valence-corrected chi connectivity index (χ0v) is 16.5. The Labute approximate surface area is 171 Å². The van der Waals surface area contributed by atoms with Crippen molar-refractivity contribution in [2.45, 2.75) is 19.6 Å². The topological polar surface area (TPSA) is 99.5 Å². The number of hydrogen-bond donors (Lipinski definition) is 1. The number of nitrogens with one attached hydrogen (secondary N) is 1. The van der Waals surface area contributed by atoms with E-state index in [0.717, 1.165) is 4.57 Å². The summed E-state index contributed by atoms with van der Waals surface area (Å²) in [6, 6.07) is 11.5. The maximum absolute atomic E-state index is 12.4. The largest absolute Gasteiger partial charge is 0.495 e. The number of para-hydroxylation sites is 1. The minimum Gasteiger partial charge on any atom is -0.495 e. The van der Waals surface area contributed by atoms with Crippen molar-refractivity contribution in [3.63, 3.8) is 0 Å². The van der Waals surface area contributed by atoms with Crippen molar-refractivity contribution in [1.82, 2.24) is 9.55 Å². The third-order valence-electron chi connectivity index (χ3n) is 4.13. The maximum Gasteiger partial charge on any atom is 0.326 e. The second-order valence-corrected chi connectivity index (χ2v) is 6.57. The normalized spacial score (nSPS) is 11.7. The lowest BCUT2D eigenvalue weighted by atomic mass is 10.2. The van der Waals surface area contributed by atoms with Crippen LogP contribution in [0.25, 0.3) is 10.9 Å². The SMILES string of the molecule is COc1ccc(NC(=O)[C@H](C)OC(=O)Cn2cnc3ccccc3c2=O)cc1Cl. The Kier molecular flexibility index (Phi) is 6.13. The molecular formula is C20H18ClN3O5. The van der Waals surface area contributed by atoms with Gasteiger partial charge in [-0.1, -0.05) is 23.7 Å². The Morgan fingerprint density at radius 2 is 2.00 bits per heavy atom. The van der Waals surface area contributed by atoms with Gasteiger partial charge >= 0.3 is 5.97 Å². The summed E-state index contributed by atoms with van der Waals surface area (Å²) < 4.78 is 11.3. The molecule has 0 radical (unpaired) electrons. The van der Waals surface area contributed by atoms with E-state index in [4.69, 9.17) is 21.1 Å². The van der Waals surface area contributed by atoms with Crippen molar-refractivity contribution in [1.29, 1.82) is 0 Å². The molecule has 3 aromatic rings. The zero-order valence-electron chi connectivity index (χ0n) is 15.7. The van der Waals surface area contributed by atoms with Gasteiger partial charge in [-0.25, -0.2) is 4.98 Å². The number of amides is 1. The van der Waals surface area contributed by atoms with Gasteiger partial charge in [-0.15, -0.1) is 0 Å². The third-order valence-corrected chi connectivity index (χ3v) is 4.42. The molecule has 0 aliphatic rings. The Morgan fingerprint density at radius 3 is 2.72 bits per heavy atom. The number of fused-ring (bicyclic) bond motifs is 1. The average molecular weight is 416 g/mol. The minimum absolute atomic E-state index is 0.332. The molecule has 3 rings (SSSR count). The molecular weight excluding hydrogens is 398 g/mol. The van der Waals surface area contributed by atoms with Crippen molar-refractivity contribution in [2.24, 2.45) is 0 Å². The number of methoxy groups -OCH3 is 1. The third kappa shape index (κ3) is 4.72. The molecule has 0 aliphatic carbocycles. The van der Waals surface area contributed by atoms with Gasteiger partial charge < -0.3 is 14.8 Å². The summed E-state index contributed by atoms with van der Waals surface area (Å²) >= 11 is 6.02. The summed E-state index contributed by atoms with van der Waals surface area (Å²) in [5.74, 6) is -0.804. The van der Waals surface area contributed by atoms with Crippen LogP contribution in [0.3, 0.4) is 0 Å². The van der Waals surface area contributed by atoms with E-state index < -0.39 is 18.0 Å². The Bertz CT molecular complexity index is 1130. The monoisotopic (exact) mass is 415 g/mol. The van der Waals surface area contributed by atoms with Gasteiger partial charge in [0.15, 0.2) is 6.10 Å². The summed E-state index contributed by atoms with van der Waals surface area (Å²) in [6.07, 6.45) is 0.197. The lowest BCUT2D eigenvalue weighted by Gasteiger charge is -2.14. The van der Waals surface area contributed by atoms with Crippen LogP contribution in [0.4, 0.5) is 5.69 Å². The fourth-order valence-electron chi connectivity index (χ4n) is 2.63. The van der Waals surface area contributed by atoms with Crippen LogP contribution in [0.2, 0.25) is 5.02 Å². The van der Waals surface area contributed by atoms with Gasteiger partial charge in [0.2, 0.25) is 0 Å². The molecule has 0 saturated carbocycles. The van der Waals surface area contributed by atoms with Crippen LogP contribution in [0.5, 0.6) is 5.75 Å². The molecule has 1 heterocycles. The highest BCUT2D eigenvalue weighted by molar-refractivity contribution is 6.32. The van der Waals surface area contributed by atoms with E-state index in [1.54, 1.807) is 36.4 Å². The Morgan fingerprint density at radius 1 is 1.24 bits per heavy atom. The molecule has 0 bridgehead atoms. The van der Waals surface area contributed by atoms with Gasteiger partial charge in [-0.05, 0) is 37.3 Å². The molecule has 0 fully saturated rings. The first-order valence-electron chi connectivity index (χ1n) is 8.67. The highest BCUT2D eigenvalue weighted by Gasteiger charge is 2.19. The molecule has 29 heavy (non-hydrogen) atoms. The van der Waals surface area contributed by atoms with E-state index in [1.165, 1.54) is 26.4 Å². The molecule has 0 unspecified atom stereocenters. The number of nitrogens with zero attached hydrogens (tertiary/aromatic N) is 2. The highest BCUT2D eigenvalue weighted by atomic mass is 35.5. The van der Waals surface area contributed by atoms with Crippen molar-refractivity contribution in [3.05, 3.63) is 64.2 Å². The van der Waals surface area contributed by atoms with E-state index in [-0.39, 0.29) is 12.1 Å². The summed E-state index contributed by atoms with van der Waals surface area (Å²) in [5, 5.41) is 3.33. The van der Waals surface area contributed by atoms with E-state index in [2.05, 4.69) is 10.3 Å². The van der Waals surface area contributed by atoms with Crippen LogP contribution in [0, 0.1) is 0 Å². The number of ether oxygens (including phenoxy) is 2. The predicted octanol–water partition coefficient (Wildman–Crippen LogP) is 2.63. The first kappa shape index (κ1) is 20.3. The number of halogens is 1. The Hall–Kier alpha value is -3.39. The molecule has 9 heteroatoms. The van der Waals surface area contributed by atoms with Crippen LogP contribution in [0.15, 0.2) is 53.6 Å². The summed E-state index contributed by atoms with van der Waals surface area (Å²) in [6.45, 7) is 1.07. The molecule has 150 valence electrons. The smallest absolute Gasteiger partial charge is 0.326 e. The standard InChI is InChI=1S/C20H18ClN3O5/c1-12(19(26)23-13-7-8-17(28-2)15(21)9-13)29-18(25)10-24-11-22-16-6-4-3-5-14(16)20(24)27/h3-9,11-12H,10H2,1-2H3,(H,23,26)/t12-/m0/s1. The lowest BCUT2D eigenvalue weighted by molar-refractivity contribution is -0.153. The van der Waals surface area contributed by atoms with Gasteiger partial charge in [-0.2, -0.15) is 0 Å². The van der Waals surface area contributed by atoms with E-state index in [0.29, 0.717) is 27.4 Å². The second-order valence-electron chi connectivity index (χ2n) is 6.17. The minimum atomic E-state index is -1.08. The number of aromatic nitrogens is 2. The number of rotatable bonds is 6. The molecule has 1 amide bonds. The van der Waals surface area contributed by atoms with Crippen molar-refractivity contribution < 1.29 is 19.1 Å². The second kappa shape index (κ2) is 8.74. The first-order chi connectivity index (χ1) is 13.9. The molecule has 0 saturated heterocycles. The van der Waals surface area contributed by atoms with Crippen LogP contribution in [-0.4, -0.2) is 34.6 Å². The van der Waals surface area contributed by atoms with Gasteiger partial charge in [0.05, 0.1) is 29.4 Å². The van der Waals surface area contributed by atoms with Crippen LogP contribution < -0.4 is 15.6 Å². The van der Waals surface area contributed by atoms with Crippen LogP contribution in [0.1, 0.15) is 6.92 Å². The molecule has 1 atom stereocenters. The molecule has 1 N–H and O–H groups in total. The van der Waals surface area contributed by atoms with E-state index in [9.17, 15) is 14.4 Å². The number of carbonyl (C=O) groups is 2. The molecule has 8 nitrogen and oxygen atoms in total. The zero-order chi connectivity index (χ0) is 21.0. The van der Waals surface area contributed by atoms with Crippen molar-refractivity contribution in [2.75, 3.05) is 12.4 Å². The number of benzene rings is 2. The number of carbonyl (C=O) groups excluding carboxylic acids is 2. The van der Waals surface area contributed by atoms with Crippen LogP contribution >= 0.6 is 11.6 Å². The maximum atomic E-state index is 12.4. The lowest BCUT2D eigenvalue weighted by Crippen LogP contribution is -2.33. The predicted molar refractivity (Wildman–Crippen MR) is 108 cm³/mol. The fraction of sp³-hybridized carbons (Fsp3) is 0.200. The van der Waals surface area contributed by atoms with Gasteiger partial charge in [0.1, 0.15) is 12.3 Å². The quantitative estimate of drug-likeness (QED) is 0.621. The molecule has 0 aliphatic heterocycles. The van der Waals surface area contributed by atoms with E-state index in [1.807, 2.05) is 0 Å². The van der Waals surface area contributed by atoms with E-state index >= 15 is 0 Å². The van der Waals surface area contributed by atoms with Gasteiger partial charge in [0.25, 0.3) is 11.5 Å². The summed E-state index contributed by atoms with van der Waals surface area (Å²) in [7, 11) is 1.48. The van der Waals surface area contributed by atoms with Crippen molar-refractivity contribution in [3.8, 4) is 5.75 Å². The first-order valence-corrected chi connectivity index (χ1v) is 9.05. The van der Waals surface area contributed by atoms with Crippen molar-refractivity contribution >= 4 is 40.1 Å². The Balaban J connectivity index is 1.63. The summed E-state index contributed by atoms with van der Waals surface area (Å²) in [5.41, 5.74) is 0.601. The highest BCUT2D eigenvalue weighted by Crippen LogP contribution is 2.27. The number of hydrogen-bond acceptors (Lipinski definition) is 6. The van der Waals surface area contributed by atoms with Gasteiger partial charge in [-0.3, -0.25) is 19.0 Å². The van der Waals surface area contributed by atoms with Gasteiger partial charge in [0, 0.05) is 5.69 Å². The summed E-state index contributed by atoms with van der Waals surface area (Å²) in [4.78, 5) is 41.0. The molecule has 2 aromatic carbocycles. The number of esters is 1. The number of anilines is 1. The van der Waals surface area contributed by atoms with Crippen LogP contribution in [-0.2, 0) is 20.9 Å². The average Bonchev–Trinajstić information content (AvgIpc) is 2.70. The molecule has 1 aromatic heterocycles.